The van der Waals surface area contributed by atoms with Crippen LogP contribution in [0.3, 0.4) is 0 Å². The molecule has 0 amide bonds. The van der Waals surface area contributed by atoms with Gasteiger partial charge in [0.05, 0.1) is 0 Å². The first-order valence-electron chi connectivity index (χ1n) is 8.89. The third kappa shape index (κ3) is 11.7. The molecule has 0 aromatic carbocycles. The van der Waals surface area contributed by atoms with Gasteiger partial charge in [0.1, 0.15) is 0 Å². The zero-order valence-electron chi connectivity index (χ0n) is 13.5. The summed E-state index contributed by atoms with van der Waals surface area (Å²) in [5.74, 6) is 0.834. The minimum atomic E-state index is 0.834. The minimum Gasteiger partial charge on any atom is -0.261 e. The summed E-state index contributed by atoms with van der Waals surface area (Å²) >= 11 is 5.67. The molecule has 21 heavy (non-hydrogen) atoms. The number of pyridine rings is 1. The van der Waals surface area contributed by atoms with Gasteiger partial charge in [-0.05, 0) is 31.4 Å². The average Bonchev–Trinajstić information content (AvgIpc) is 2.53. The predicted molar refractivity (Wildman–Crippen MR) is 94.1 cm³/mol. The van der Waals surface area contributed by atoms with Crippen LogP contribution in [0.5, 0.6) is 0 Å². The summed E-state index contributed by atoms with van der Waals surface area (Å²) in [7, 11) is 0. The van der Waals surface area contributed by atoms with E-state index in [0.717, 1.165) is 12.3 Å². The first kappa shape index (κ1) is 18.5. The highest BCUT2D eigenvalue weighted by atomic mass is 35.5. The van der Waals surface area contributed by atoms with Crippen molar-refractivity contribution in [1.29, 1.82) is 0 Å². The molecule has 0 bridgehead atoms. The van der Waals surface area contributed by atoms with Crippen LogP contribution >= 0.6 is 11.6 Å². The minimum absolute atomic E-state index is 0.834. The molecule has 0 spiro atoms. The fourth-order valence-electron chi connectivity index (χ4n) is 2.71. The normalized spacial score (nSPS) is 10.9. The SMILES string of the molecule is ClCCCCCCCCCCCCCCc1ccccn1. The van der Waals surface area contributed by atoms with Crippen LogP contribution in [-0.4, -0.2) is 10.9 Å². The Kier molecular flexibility index (Phi) is 12.7. The summed E-state index contributed by atoms with van der Waals surface area (Å²) < 4.78 is 0. The third-order valence-corrected chi connectivity index (χ3v) is 4.31. The summed E-state index contributed by atoms with van der Waals surface area (Å²) in [6, 6.07) is 6.20. The van der Waals surface area contributed by atoms with Crippen molar-refractivity contribution in [2.24, 2.45) is 0 Å². The number of rotatable bonds is 14. The Balaban J connectivity index is 1.75. The van der Waals surface area contributed by atoms with E-state index < -0.39 is 0 Å². The largest absolute Gasteiger partial charge is 0.261 e. The van der Waals surface area contributed by atoms with Gasteiger partial charge < -0.3 is 0 Å². The highest BCUT2D eigenvalue weighted by molar-refractivity contribution is 6.17. The van der Waals surface area contributed by atoms with Gasteiger partial charge >= 0.3 is 0 Å². The Hall–Kier alpha value is -0.560. The maximum atomic E-state index is 5.67. The first-order chi connectivity index (χ1) is 10.4. The Labute approximate surface area is 136 Å². The molecule has 2 heteroatoms. The van der Waals surface area contributed by atoms with Gasteiger partial charge in [-0.15, -0.1) is 11.6 Å². The molecule has 120 valence electrons. The summed E-state index contributed by atoms with van der Waals surface area (Å²) in [5, 5.41) is 0. The smallest absolute Gasteiger partial charge is 0.0403 e. The molecule has 0 atom stereocenters. The average molecular weight is 310 g/mol. The van der Waals surface area contributed by atoms with Crippen molar-refractivity contribution < 1.29 is 0 Å². The van der Waals surface area contributed by atoms with E-state index >= 15 is 0 Å². The highest BCUT2D eigenvalue weighted by Gasteiger charge is 1.95. The van der Waals surface area contributed by atoms with Crippen LogP contribution in [-0.2, 0) is 6.42 Å². The van der Waals surface area contributed by atoms with E-state index in [1.165, 1.54) is 82.7 Å². The van der Waals surface area contributed by atoms with Crippen molar-refractivity contribution >= 4 is 11.6 Å². The number of hydrogen-bond donors (Lipinski definition) is 0. The van der Waals surface area contributed by atoms with Gasteiger partial charge in [0, 0.05) is 17.8 Å². The van der Waals surface area contributed by atoms with Gasteiger partial charge in [-0.1, -0.05) is 70.3 Å². The van der Waals surface area contributed by atoms with Crippen molar-refractivity contribution in [3.8, 4) is 0 Å². The number of aromatic nitrogens is 1. The van der Waals surface area contributed by atoms with E-state index in [2.05, 4.69) is 17.1 Å². The summed E-state index contributed by atoms with van der Waals surface area (Å²) in [4.78, 5) is 4.37. The van der Waals surface area contributed by atoms with E-state index in [1.807, 2.05) is 12.3 Å². The third-order valence-electron chi connectivity index (χ3n) is 4.04. The topological polar surface area (TPSA) is 12.9 Å². The first-order valence-corrected chi connectivity index (χ1v) is 9.43. The molecule has 1 aromatic rings. The Morgan fingerprint density at radius 3 is 1.67 bits per heavy atom. The van der Waals surface area contributed by atoms with E-state index in [-0.39, 0.29) is 0 Å². The fourth-order valence-corrected chi connectivity index (χ4v) is 2.90. The molecule has 0 unspecified atom stereocenters. The van der Waals surface area contributed by atoms with Gasteiger partial charge in [0.2, 0.25) is 0 Å². The molecular formula is C19H32ClN. The highest BCUT2D eigenvalue weighted by Crippen LogP contribution is 2.12. The molecule has 1 rings (SSSR count). The Bertz CT molecular complexity index is 313. The number of halogens is 1. The summed E-state index contributed by atoms with van der Waals surface area (Å²) in [6.07, 6.45) is 19.5. The molecule has 1 nitrogen and oxygen atoms in total. The van der Waals surface area contributed by atoms with Crippen LogP contribution in [0, 0.1) is 0 Å². The zero-order chi connectivity index (χ0) is 15.0. The molecular weight excluding hydrogens is 278 g/mol. The van der Waals surface area contributed by atoms with Crippen LogP contribution in [0.2, 0.25) is 0 Å². The van der Waals surface area contributed by atoms with Crippen LogP contribution in [0.4, 0.5) is 0 Å². The Morgan fingerprint density at radius 1 is 0.667 bits per heavy atom. The van der Waals surface area contributed by atoms with E-state index in [0.29, 0.717) is 0 Å². The maximum absolute atomic E-state index is 5.67. The lowest BCUT2D eigenvalue weighted by atomic mass is 10.0. The second-order valence-electron chi connectivity index (χ2n) is 6.00. The molecule has 0 aliphatic heterocycles. The van der Waals surface area contributed by atoms with Gasteiger partial charge in [-0.25, -0.2) is 0 Å². The number of hydrogen-bond acceptors (Lipinski definition) is 1. The van der Waals surface area contributed by atoms with Crippen LogP contribution in [0.25, 0.3) is 0 Å². The fraction of sp³-hybridized carbons (Fsp3) is 0.737. The van der Waals surface area contributed by atoms with Crippen LogP contribution < -0.4 is 0 Å². The van der Waals surface area contributed by atoms with Gasteiger partial charge in [0.15, 0.2) is 0 Å². The van der Waals surface area contributed by atoms with E-state index in [4.69, 9.17) is 11.6 Å². The van der Waals surface area contributed by atoms with Crippen molar-refractivity contribution in [3.63, 3.8) is 0 Å². The lowest BCUT2D eigenvalue weighted by Gasteiger charge is -2.03. The molecule has 0 radical (unpaired) electrons. The number of unbranched alkanes of at least 4 members (excludes halogenated alkanes) is 11. The second-order valence-corrected chi connectivity index (χ2v) is 6.38. The summed E-state index contributed by atoms with van der Waals surface area (Å²) in [5.41, 5.74) is 1.24. The van der Waals surface area contributed by atoms with Gasteiger partial charge in [0.25, 0.3) is 0 Å². The lowest BCUT2D eigenvalue weighted by molar-refractivity contribution is 0.543. The van der Waals surface area contributed by atoms with E-state index in [9.17, 15) is 0 Å². The van der Waals surface area contributed by atoms with Crippen LogP contribution in [0.1, 0.15) is 82.7 Å². The molecule has 0 aliphatic rings. The number of alkyl halides is 1. The molecule has 0 saturated heterocycles. The van der Waals surface area contributed by atoms with Gasteiger partial charge in [-0.2, -0.15) is 0 Å². The molecule has 0 saturated carbocycles. The van der Waals surface area contributed by atoms with Crippen molar-refractivity contribution in [1.82, 2.24) is 4.98 Å². The number of nitrogens with zero attached hydrogens (tertiary/aromatic N) is 1. The Morgan fingerprint density at radius 2 is 1.19 bits per heavy atom. The van der Waals surface area contributed by atoms with Gasteiger partial charge in [-0.3, -0.25) is 4.98 Å². The monoisotopic (exact) mass is 309 g/mol. The quantitative estimate of drug-likeness (QED) is 0.281. The predicted octanol–water partition coefficient (Wildman–Crippen LogP) is 6.54. The molecule has 1 heterocycles. The summed E-state index contributed by atoms with van der Waals surface area (Å²) in [6.45, 7) is 0. The molecule has 0 fully saturated rings. The van der Waals surface area contributed by atoms with Crippen molar-refractivity contribution in [2.75, 3.05) is 5.88 Å². The standard InChI is InChI=1S/C19H32ClN/c20-17-13-10-8-6-4-2-1-3-5-7-9-11-15-19-16-12-14-18-21-19/h12,14,16,18H,1-11,13,15,17H2. The molecule has 1 aromatic heterocycles. The molecule has 0 N–H and O–H groups in total. The van der Waals surface area contributed by atoms with Crippen molar-refractivity contribution in [3.05, 3.63) is 30.1 Å². The maximum Gasteiger partial charge on any atom is 0.0403 e. The molecule has 0 aliphatic carbocycles. The van der Waals surface area contributed by atoms with Crippen molar-refractivity contribution in [2.45, 2.75) is 83.5 Å². The lowest BCUT2D eigenvalue weighted by Crippen LogP contribution is -1.89. The number of aryl methyl sites for hydroxylation is 1. The van der Waals surface area contributed by atoms with E-state index in [1.54, 1.807) is 0 Å². The zero-order valence-corrected chi connectivity index (χ0v) is 14.3. The van der Waals surface area contributed by atoms with Crippen LogP contribution in [0.15, 0.2) is 24.4 Å². The second kappa shape index (κ2) is 14.4.